The number of rotatable bonds is 0. The predicted octanol–water partition coefficient (Wildman–Crippen LogP) is 1.83. The van der Waals surface area contributed by atoms with Crippen LogP contribution >= 0.6 is 12.6 Å². The van der Waals surface area contributed by atoms with Crippen molar-refractivity contribution in [3.05, 3.63) is 22.8 Å². The number of hydrogen-bond donors (Lipinski definition) is 2. The van der Waals surface area contributed by atoms with E-state index in [1.165, 1.54) is 6.42 Å². The Morgan fingerprint density at radius 2 is 2.00 bits per heavy atom. The molecular weight excluding hydrogens is 130 g/mol. The molecule has 1 rings (SSSR count). The summed E-state index contributed by atoms with van der Waals surface area (Å²) in [6, 6.07) is 0. The van der Waals surface area contributed by atoms with Crippen LogP contribution in [0.3, 0.4) is 0 Å². The monoisotopic (exact) mass is 141 g/mol. The van der Waals surface area contributed by atoms with Gasteiger partial charge in [0.1, 0.15) is 0 Å². The molecule has 2 heteroatoms. The van der Waals surface area contributed by atoms with Crippen LogP contribution in [0.25, 0.3) is 0 Å². The van der Waals surface area contributed by atoms with E-state index >= 15 is 0 Å². The van der Waals surface area contributed by atoms with Gasteiger partial charge in [0.2, 0.25) is 0 Å². The van der Waals surface area contributed by atoms with Crippen LogP contribution in [-0.4, -0.2) is 0 Å². The SMILES string of the molecule is NC1=CCCCC=C1S. The summed E-state index contributed by atoms with van der Waals surface area (Å²) in [6.45, 7) is 0. The molecular formula is C7H11NS. The second-order valence-corrected chi connectivity index (χ2v) is 2.66. The van der Waals surface area contributed by atoms with Gasteiger partial charge >= 0.3 is 0 Å². The van der Waals surface area contributed by atoms with Gasteiger partial charge in [0.15, 0.2) is 0 Å². The number of hydrogen-bond acceptors (Lipinski definition) is 2. The molecule has 0 heterocycles. The van der Waals surface area contributed by atoms with E-state index in [1.54, 1.807) is 0 Å². The normalized spacial score (nSPS) is 20.1. The molecule has 0 bridgehead atoms. The fourth-order valence-corrected chi connectivity index (χ4v) is 1.06. The maximum Gasteiger partial charge on any atom is 0.0405 e. The molecule has 0 atom stereocenters. The Morgan fingerprint density at radius 1 is 1.33 bits per heavy atom. The van der Waals surface area contributed by atoms with E-state index in [1.807, 2.05) is 6.08 Å². The molecule has 1 aliphatic carbocycles. The summed E-state index contributed by atoms with van der Waals surface area (Å²) in [4.78, 5) is 0.938. The Kier molecular flexibility index (Phi) is 2.22. The first kappa shape index (κ1) is 6.75. The van der Waals surface area contributed by atoms with Crippen LogP contribution in [-0.2, 0) is 0 Å². The summed E-state index contributed by atoms with van der Waals surface area (Å²) in [5.74, 6) is 0. The van der Waals surface area contributed by atoms with Gasteiger partial charge in [-0.25, -0.2) is 0 Å². The van der Waals surface area contributed by atoms with Gasteiger partial charge in [0.25, 0.3) is 0 Å². The lowest BCUT2D eigenvalue weighted by molar-refractivity contribution is 0.874. The summed E-state index contributed by atoms with van der Waals surface area (Å²) in [7, 11) is 0. The third-order valence-corrected chi connectivity index (χ3v) is 1.85. The van der Waals surface area contributed by atoms with E-state index in [2.05, 4.69) is 18.7 Å². The molecule has 2 N–H and O–H groups in total. The highest BCUT2D eigenvalue weighted by atomic mass is 32.1. The van der Waals surface area contributed by atoms with Gasteiger partial charge in [-0.05, 0) is 19.3 Å². The van der Waals surface area contributed by atoms with Crippen molar-refractivity contribution in [1.82, 2.24) is 0 Å². The first-order chi connectivity index (χ1) is 4.30. The van der Waals surface area contributed by atoms with E-state index in [0.29, 0.717) is 0 Å². The zero-order chi connectivity index (χ0) is 6.69. The number of thiol groups is 1. The van der Waals surface area contributed by atoms with E-state index in [4.69, 9.17) is 5.73 Å². The minimum atomic E-state index is 0.829. The van der Waals surface area contributed by atoms with Crippen LogP contribution in [0.1, 0.15) is 19.3 Å². The van der Waals surface area contributed by atoms with Crippen molar-refractivity contribution in [3.8, 4) is 0 Å². The molecule has 0 aliphatic heterocycles. The minimum absolute atomic E-state index is 0.829. The molecule has 0 aromatic heterocycles. The Bertz CT molecular complexity index is 140. The van der Waals surface area contributed by atoms with Crippen molar-refractivity contribution in [2.24, 2.45) is 5.73 Å². The summed E-state index contributed by atoms with van der Waals surface area (Å²) in [5, 5.41) is 0. The summed E-state index contributed by atoms with van der Waals surface area (Å²) >= 11 is 4.19. The van der Waals surface area contributed by atoms with Crippen LogP contribution in [0.4, 0.5) is 0 Å². The van der Waals surface area contributed by atoms with Crippen LogP contribution in [0.5, 0.6) is 0 Å². The molecule has 1 aliphatic rings. The molecule has 0 aromatic carbocycles. The molecule has 0 saturated carbocycles. The van der Waals surface area contributed by atoms with Crippen molar-refractivity contribution in [3.63, 3.8) is 0 Å². The summed E-state index contributed by atoms with van der Waals surface area (Å²) in [5.41, 5.74) is 6.42. The van der Waals surface area contributed by atoms with Crippen LogP contribution in [0, 0.1) is 0 Å². The first-order valence-corrected chi connectivity index (χ1v) is 3.60. The molecule has 50 valence electrons. The molecule has 0 aromatic rings. The van der Waals surface area contributed by atoms with Crippen molar-refractivity contribution < 1.29 is 0 Å². The molecule has 0 unspecified atom stereocenters. The van der Waals surface area contributed by atoms with Crippen LogP contribution < -0.4 is 5.73 Å². The van der Waals surface area contributed by atoms with E-state index < -0.39 is 0 Å². The maximum absolute atomic E-state index is 5.59. The number of allylic oxidation sites excluding steroid dienone is 2. The smallest absolute Gasteiger partial charge is 0.0405 e. The van der Waals surface area contributed by atoms with Gasteiger partial charge in [0.05, 0.1) is 0 Å². The minimum Gasteiger partial charge on any atom is -0.398 e. The molecule has 0 saturated heterocycles. The zero-order valence-corrected chi connectivity index (χ0v) is 6.20. The van der Waals surface area contributed by atoms with E-state index in [0.717, 1.165) is 23.4 Å². The standard InChI is InChI=1S/C7H11NS/c8-6-4-2-1-3-5-7(6)9/h4-5,9H,1-3,8H2. The lowest BCUT2D eigenvalue weighted by atomic mass is 10.2. The van der Waals surface area contributed by atoms with Gasteiger partial charge in [-0.2, -0.15) is 0 Å². The fourth-order valence-electron chi connectivity index (χ4n) is 0.837. The zero-order valence-electron chi connectivity index (χ0n) is 5.30. The third kappa shape index (κ3) is 1.79. The number of nitrogens with two attached hydrogens (primary N) is 1. The van der Waals surface area contributed by atoms with Gasteiger partial charge in [0, 0.05) is 10.6 Å². The summed E-state index contributed by atoms with van der Waals surface area (Å²) in [6.07, 6.45) is 7.50. The molecule has 0 amide bonds. The molecule has 0 radical (unpaired) electrons. The van der Waals surface area contributed by atoms with E-state index in [9.17, 15) is 0 Å². The quantitative estimate of drug-likeness (QED) is 0.494. The average Bonchev–Trinajstić information content (AvgIpc) is 1.99. The molecule has 0 fully saturated rings. The molecule has 9 heavy (non-hydrogen) atoms. The van der Waals surface area contributed by atoms with Crippen LogP contribution in [0.2, 0.25) is 0 Å². The Balaban J connectivity index is 2.71. The maximum atomic E-state index is 5.59. The average molecular weight is 141 g/mol. The highest BCUT2D eigenvalue weighted by Gasteiger charge is 1.97. The van der Waals surface area contributed by atoms with Gasteiger partial charge in [-0.3, -0.25) is 0 Å². The Hall–Kier alpha value is -0.370. The van der Waals surface area contributed by atoms with Crippen molar-refractivity contribution in [1.29, 1.82) is 0 Å². The molecule has 0 spiro atoms. The second-order valence-electron chi connectivity index (χ2n) is 2.18. The Morgan fingerprint density at radius 3 is 2.78 bits per heavy atom. The fraction of sp³-hybridized carbons (Fsp3) is 0.429. The highest BCUT2D eigenvalue weighted by Crippen LogP contribution is 2.16. The van der Waals surface area contributed by atoms with E-state index in [-0.39, 0.29) is 0 Å². The van der Waals surface area contributed by atoms with Gasteiger partial charge in [-0.15, -0.1) is 12.6 Å². The lowest BCUT2D eigenvalue weighted by Crippen LogP contribution is -1.95. The van der Waals surface area contributed by atoms with Crippen molar-refractivity contribution in [2.45, 2.75) is 19.3 Å². The lowest BCUT2D eigenvalue weighted by Gasteiger charge is -1.94. The predicted molar refractivity (Wildman–Crippen MR) is 43.2 cm³/mol. The first-order valence-electron chi connectivity index (χ1n) is 3.16. The topological polar surface area (TPSA) is 26.0 Å². The third-order valence-electron chi connectivity index (χ3n) is 1.41. The van der Waals surface area contributed by atoms with Gasteiger partial charge < -0.3 is 5.73 Å². The van der Waals surface area contributed by atoms with Gasteiger partial charge in [-0.1, -0.05) is 12.2 Å². The largest absolute Gasteiger partial charge is 0.398 e. The van der Waals surface area contributed by atoms with Crippen molar-refractivity contribution >= 4 is 12.6 Å². The Labute approximate surface area is 61.0 Å². The summed E-state index contributed by atoms with van der Waals surface area (Å²) < 4.78 is 0. The van der Waals surface area contributed by atoms with Crippen molar-refractivity contribution in [2.75, 3.05) is 0 Å². The molecule has 1 nitrogen and oxygen atoms in total. The second kappa shape index (κ2) is 2.97. The highest BCUT2D eigenvalue weighted by molar-refractivity contribution is 7.84. The van der Waals surface area contributed by atoms with Crippen LogP contribution in [0.15, 0.2) is 22.8 Å².